The second-order valence-electron chi connectivity index (χ2n) is 19.0. The maximum Gasteiger partial charge on any atom is 0.0914 e. The van der Waals surface area contributed by atoms with Crippen molar-refractivity contribution in [1.82, 2.24) is 0 Å². The summed E-state index contributed by atoms with van der Waals surface area (Å²) in [5, 5.41) is 0. The molecule has 0 N–H and O–H groups in total. The van der Waals surface area contributed by atoms with Gasteiger partial charge in [-0.2, -0.15) is 0 Å². The Labute approximate surface area is 420 Å². The fourth-order valence-corrected chi connectivity index (χ4v) is 11.8. The number of hydrogen-bond acceptors (Lipinski definition) is 1. The Balaban J connectivity index is 1.29. The van der Waals surface area contributed by atoms with E-state index in [4.69, 9.17) is 0 Å². The first-order valence-corrected chi connectivity index (χ1v) is 24.9. The standard InChI is InChI=1S/C69H60FN/c1-7-10-13-24-55(47-70)68(53-36-32-51(8-2)33-37-53)64-29-20-17-26-59(64)61-43-41-57(45-66(61)68)71(56-25-15-12-11-14-22-48(4)49(5)31-40-56)58-42-44-62-60-27-18-21-30-65(60)69(67(62)46-58,63-28-19-16-23-50(63)6)54-38-34-52(9-3)35-39-54/h7-15,17-18,20-22,24-27,29-47H,2-4,16,19,23,28H2,1,5-6H3/b10-7-,12-11-,22-14-,24-13-,25-15?,49-31+,55-47-,56-40?. The van der Waals surface area contributed by atoms with Crippen molar-refractivity contribution in [2.75, 3.05) is 4.90 Å². The lowest BCUT2D eigenvalue weighted by molar-refractivity contribution is 0.591. The van der Waals surface area contributed by atoms with E-state index < -0.39 is 10.8 Å². The monoisotopic (exact) mass is 921 g/mol. The molecule has 4 aliphatic rings. The molecule has 0 bridgehead atoms. The van der Waals surface area contributed by atoms with Gasteiger partial charge < -0.3 is 4.90 Å². The van der Waals surface area contributed by atoms with Crippen molar-refractivity contribution in [2.24, 2.45) is 0 Å². The Morgan fingerprint density at radius 1 is 0.592 bits per heavy atom. The van der Waals surface area contributed by atoms with Crippen LogP contribution in [0.4, 0.5) is 15.8 Å². The van der Waals surface area contributed by atoms with Crippen LogP contribution in [-0.4, -0.2) is 0 Å². The summed E-state index contributed by atoms with van der Waals surface area (Å²) < 4.78 is 16.2. The van der Waals surface area contributed by atoms with Crippen LogP contribution in [0.1, 0.15) is 91.0 Å². The highest BCUT2D eigenvalue weighted by molar-refractivity contribution is 5.91. The Bertz CT molecular complexity index is 3390. The third-order valence-corrected chi connectivity index (χ3v) is 15.2. The highest BCUT2D eigenvalue weighted by Gasteiger charge is 2.50. The zero-order valence-corrected chi connectivity index (χ0v) is 41.1. The number of anilines is 2. The Kier molecular flexibility index (Phi) is 13.0. The molecule has 0 spiro atoms. The van der Waals surface area contributed by atoms with Crippen molar-refractivity contribution in [3.05, 3.63) is 311 Å². The Morgan fingerprint density at radius 2 is 1.17 bits per heavy atom. The largest absolute Gasteiger partial charge is 0.310 e. The molecular weight excluding hydrogens is 862 g/mol. The van der Waals surface area contributed by atoms with Crippen LogP contribution in [-0.2, 0) is 10.8 Å². The van der Waals surface area contributed by atoms with Crippen molar-refractivity contribution >= 4 is 23.5 Å². The average molecular weight is 922 g/mol. The maximum atomic E-state index is 16.2. The van der Waals surface area contributed by atoms with Crippen LogP contribution in [0.15, 0.2) is 266 Å². The molecule has 2 unspecified atom stereocenters. The van der Waals surface area contributed by atoms with Gasteiger partial charge in [0.25, 0.3) is 0 Å². The van der Waals surface area contributed by atoms with Crippen molar-refractivity contribution < 1.29 is 4.39 Å². The molecule has 0 amide bonds. The fraction of sp³-hybridized carbons (Fsp3) is 0.130. The number of allylic oxidation sites excluding steroid dienone is 17. The number of hydrogen-bond donors (Lipinski definition) is 0. The molecule has 71 heavy (non-hydrogen) atoms. The fourth-order valence-electron chi connectivity index (χ4n) is 11.8. The van der Waals surface area contributed by atoms with Gasteiger partial charge in [0.1, 0.15) is 0 Å². The van der Waals surface area contributed by atoms with Crippen LogP contribution >= 0.6 is 0 Å². The van der Waals surface area contributed by atoms with Gasteiger partial charge in [0.05, 0.1) is 17.2 Å². The minimum atomic E-state index is -1.00. The molecule has 0 heterocycles. The quantitative estimate of drug-likeness (QED) is 0.0924. The minimum absolute atomic E-state index is 0.522. The molecule has 2 atom stereocenters. The smallest absolute Gasteiger partial charge is 0.0914 e. The summed E-state index contributed by atoms with van der Waals surface area (Å²) in [6, 6.07) is 49.0. The van der Waals surface area contributed by atoms with Gasteiger partial charge >= 0.3 is 0 Å². The Hall–Kier alpha value is -8.07. The summed E-state index contributed by atoms with van der Waals surface area (Å²) in [5.74, 6) is 0. The molecule has 0 aliphatic heterocycles. The molecule has 0 radical (unpaired) electrons. The molecule has 348 valence electrons. The molecule has 4 aliphatic carbocycles. The Morgan fingerprint density at radius 3 is 1.82 bits per heavy atom. The van der Waals surface area contributed by atoms with Crippen LogP contribution in [0.2, 0.25) is 0 Å². The lowest BCUT2D eigenvalue weighted by atomic mass is 9.63. The maximum absolute atomic E-state index is 16.2. The van der Waals surface area contributed by atoms with E-state index in [1.807, 2.05) is 61.6 Å². The number of rotatable bonds is 11. The summed E-state index contributed by atoms with van der Waals surface area (Å²) >= 11 is 0. The van der Waals surface area contributed by atoms with Crippen molar-refractivity contribution in [3.8, 4) is 22.3 Å². The van der Waals surface area contributed by atoms with E-state index >= 15 is 4.39 Å². The molecule has 0 fully saturated rings. The first kappa shape index (κ1) is 46.6. The van der Waals surface area contributed by atoms with Crippen molar-refractivity contribution in [2.45, 2.75) is 57.3 Å². The average Bonchev–Trinajstić information content (AvgIpc) is 3.86. The van der Waals surface area contributed by atoms with Crippen molar-refractivity contribution in [1.29, 1.82) is 0 Å². The lowest BCUT2D eigenvalue weighted by Gasteiger charge is -2.39. The predicted molar refractivity (Wildman–Crippen MR) is 301 cm³/mol. The van der Waals surface area contributed by atoms with Crippen LogP contribution in [0.5, 0.6) is 0 Å². The van der Waals surface area contributed by atoms with E-state index in [0.29, 0.717) is 5.57 Å². The molecule has 2 heteroatoms. The third-order valence-electron chi connectivity index (χ3n) is 15.2. The predicted octanol–water partition coefficient (Wildman–Crippen LogP) is 18.7. The van der Waals surface area contributed by atoms with Crippen LogP contribution < -0.4 is 4.90 Å². The summed E-state index contributed by atoms with van der Waals surface area (Å²) in [5.41, 5.74) is 20.5. The SMILES string of the molecule is C=Cc1ccc(C2(C3=C(C)CCCC3)c3ccccc3-c3ccc(N(C4=C/C=C(\C)C(=C)/C=C\C=C/C=C4)c4ccc5c(c4)C(C(/C=C\C=C/C)=C\F)(c4ccc(C=C)cc4)c4ccccc4-5)cc32)cc1. The number of nitrogens with zero attached hydrogens (tertiary/aromatic N) is 1. The molecule has 1 nitrogen and oxygen atoms in total. The first-order valence-electron chi connectivity index (χ1n) is 24.9. The van der Waals surface area contributed by atoms with Gasteiger partial charge in [0.2, 0.25) is 0 Å². The summed E-state index contributed by atoms with van der Waals surface area (Å²) in [7, 11) is 0. The van der Waals surface area contributed by atoms with E-state index in [-0.39, 0.29) is 0 Å². The van der Waals surface area contributed by atoms with E-state index in [9.17, 15) is 0 Å². The van der Waals surface area contributed by atoms with Crippen molar-refractivity contribution in [3.63, 3.8) is 0 Å². The number of halogens is 1. The molecule has 6 aromatic carbocycles. The molecular formula is C69H60FN. The third kappa shape index (κ3) is 7.89. The van der Waals surface area contributed by atoms with Gasteiger partial charge in [0, 0.05) is 17.1 Å². The van der Waals surface area contributed by atoms with Gasteiger partial charge in [-0.1, -0.05) is 213 Å². The minimum Gasteiger partial charge on any atom is -0.310 e. The van der Waals surface area contributed by atoms with Gasteiger partial charge in [-0.15, -0.1) is 0 Å². The number of benzene rings is 6. The van der Waals surface area contributed by atoms with E-state index in [0.717, 1.165) is 92.8 Å². The topological polar surface area (TPSA) is 3.24 Å². The highest BCUT2D eigenvalue weighted by atomic mass is 19.1. The zero-order valence-electron chi connectivity index (χ0n) is 41.1. The molecule has 6 aromatic rings. The lowest BCUT2D eigenvalue weighted by Crippen LogP contribution is -2.32. The molecule has 0 aromatic heterocycles. The summed E-state index contributed by atoms with van der Waals surface area (Å²) in [4.78, 5) is 2.39. The summed E-state index contributed by atoms with van der Waals surface area (Å²) in [6.07, 6.45) is 33.7. The zero-order chi connectivity index (χ0) is 49.1. The number of fused-ring (bicyclic) bond motifs is 6. The second-order valence-corrected chi connectivity index (χ2v) is 19.0. The highest BCUT2D eigenvalue weighted by Crippen LogP contribution is 2.61. The van der Waals surface area contributed by atoms with Gasteiger partial charge in [-0.3, -0.25) is 0 Å². The normalized spacial score (nSPS) is 21.1. The molecule has 0 saturated carbocycles. The van der Waals surface area contributed by atoms with E-state index in [2.05, 4.69) is 202 Å². The molecule has 0 saturated heterocycles. The van der Waals surface area contributed by atoms with Gasteiger partial charge in [-0.05, 0) is 166 Å². The molecule has 10 rings (SSSR count). The first-order chi connectivity index (χ1) is 34.8. The van der Waals surface area contributed by atoms with Gasteiger partial charge in [-0.25, -0.2) is 4.39 Å². The van der Waals surface area contributed by atoms with E-state index in [1.165, 1.54) is 45.4 Å². The van der Waals surface area contributed by atoms with Crippen LogP contribution in [0.25, 0.3) is 34.4 Å². The van der Waals surface area contributed by atoms with Gasteiger partial charge in [0.15, 0.2) is 0 Å². The summed E-state index contributed by atoms with van der Waals surface area (Å²) in [6.45, 7) is 19.0. The van der Waals surface area contributed by atoms with Crippen LogP contribution in [0, 0.1) is 0 Å². The second kappa shape index (κ2) is 19.7. The van der Waals surface area contributed by atoms with E-state index in [1.54, 1.807) is 0 Å². The van der Waals surface area contributed by atoms with Crippen LogP contribution in [0.3, 0.4) is 0 Å².